The average molecular weight is 384 g/mol. The maximum Gasteiger partial charge on any atom is 0.254 e. The van der Waals surface area contributed by atoms with Gasteiger partial charge in [0, 0.05) is 17.0 Å². The van der Waals surface area contributed by atoms with Crippen LogP contribution in [-0.4, -0.2) is 13.0 Å². The van der Waals surface area contributed by atoms with Crippen LogP contribution in [0.5, 0.6) is 5.75 Å². The first kappa shape index (κ1) is 19.7. The van der Waals surface area contributed by atoms with Crippen molar-refractivity contribution in [3.63, 3.8) is 0 Å². The Kier molecular flexibility index (Phi) is 5.66. The Labute approximate surface area is 169 Å². The van der Waals surface area contributed by atoms with Crippen molar-refractivity contribution in [1.29, 1.82) is 10.5 Å². The molecule has 6 nitrogen and oxygen atoms in total. The zero-order valence-corrected chi connectivity index (χ0v) is 16.4. The Morgan fingerprint density at radius 2 is 1.83 bits per heavy atom. The summed E-state index contributed by atoms with van der Waals surface area (Å²) in [7, 11) is 1.54. The standard InChI is InChI=1S/C23H20N4O2/c1-14-18(13-25)22(17-8-6-7-16(11-17)12-24)21(15(2)26-14)23(28)27-19-9-4-5-10-20(19)29-3/h4-11,22,26H,1-3H3,(H,27,28). The summed E-state index contributed by atoms with van der Waals surface area (Å²) in [5, 5.41) is 25.1. The van der Waals surface area contributed by atoms with E-state index < -0.39 is 5.92 Å². The smallest absolute Gasteiger partial charge is 0.254 e. The van der Waals surface area contributed by atoms with Crippen LogP contribution >= 0.6 is 0 Å². The molecule has 0 saturated carbocycles. The van der Waals surface area contributed by atoms with Gasteiger partial charge in [-0.25, -0.2) is 0 Å². The van der Waals surface area contributed by atoms with Gasteiger partial charge >= 0.3 is 0 Å². The second-order valence-corrected chi connectivity index (χ2v) is 6.64. The molecule has 144 valence electrons. The highest BCUT2D eigenvalue weighted by atomic mass is 16.5. The fraction of sp³-hybridized carbons (Fsp3) is 0.174. The zero-order chi connectivity index (χ0) is 21.0. The van der Waals surface area contributed by atoms with E-state index in [-0.39, 0.29) is 5.91 Å². The van der Waals surface area contributed by atoms with Crippen molar-refractivity contribution < 1.29 is 9.53 Å². The summed E-state index contributed by atoms with van der Waals surface area (Å²) in [5.74, 6) is -0.380. The number of benzene rings is 2. The molecule has 0 saturated heterocycles. The molecule has 0 spiro atoms. The van der Waals surface area contributed by atoms with Crippen molar-refractivity contribution in [2.24, 2.45) is 0 Å². The molecule has 1 atom stereocenters. The lowest BCUT2D eigenvalue weighted by molar-refractivity contribution is -0.113. The molecule has 0 aliphatic carbocycles. The van der Waals surface area contributed by atoms with Gasteiger partial charge in [-0.15, -0.1) is 0 Å². The molecule has 0 radical (unpaired) electrons. The lowest BCUT2D eigenvalue weighted by atomic mass is 9.80. The van der Waals surface area contributed by atoms with Crippen molar-refractivity contribution in [2.45, 2.75) is 19.8 Å². The summed E-state index contributed by atoms with van der Waals surface area (Å²) in [5.41, 5.74) is 3.93. The van der Waals surface area contributed by atoms with Crippen LogP contribution < -0.4 is 15.4 Å². The van der Waals surface area contributed by atoms with Crippen LogP contribution in [0.3, 0.4) is 0 Å². The van der Waals surface area contributed by atoms with E-state index in [4.69, 9.17) is 4.74 Å². The van der Waals surface area contributed by atoms with Gasteiger partial charge in [0.2, 0.25) is 0 Å². The topological polar surface area (TPSA) is 97.9 Å². The Morgan fingerprint density at radius 3 is 2.52 bits per heavy atom. The monoisotopic (exact) mass is 384 g/mol. The quantitative estimate of drug-likeness (QED) is 0.831. The van der Waals surface area contributed by atoms with Gasteiger partial charge in [0.1, 0.15) is 5.75 Å². The number of rotatable bonds is 4. The maximum absolute atomic E-state index is 13.3. The van der Waals surface area contributed by atoms with E-state index in [1.807, 2.05) is 12.1 Å². The van der Waals surface area contributed by atoms with Gasteiger partial charge in [-0.3, -0.25) is 4.79 Å². The fourth-order valence-electron chi connectivity index (χ4n) is 3.50. The van der Waals surface area contributed by atoms with Crippen LogP contribution in [0.15, 0.2) is 71.1 Å². The van der Waals surface area contributed by atoms with Crippen LogP contribution in [0.25, 0.3) is 0 Å². The first-order valence-electron chi connectivity index (χ1n) is 9.03. The van der Waals surface area contributed by atoms with Gasteiger partial charge < -0.3 is 15.4 Å². The van der Waals surface area contributed by atoms with Crippen molar-refractivity contribution in [3.8, 4) is 17.9 Å². The Morgan fingerprint density at radius 1 is 1.07 bits per heavy atom. The molecular weight excluding hydrogens is 364 g/mol. The molecular formula is C23H20N4O2. The largest absolute Gasteiger partial charge is 0.495 e. The molecule has 0 aromatic heterocycles. The predicted octanol–water partition coefficient (Wildman–Crippen LogP) is 3.96. The number of nitrogens with zero attached hydrogens (tertiary/aromatic N) is 2. The highest BCUT2D eigenvalue weighted by Gasteiger charge is 2.33. The minimum atomic E-state index is -0.579. The number of anilines is 1. The number of nitriles is 2. The van der Waals surface area contributed by atoms with Crippen molar-refractivity contribution in [1.82, 2.24) is 5.32 Å². The van der Waals surface area contributed by atoms with Crippen LogP contribution in [0, 0.1) is 22.7 Å². The molecule has 1 unspecified atom stereocenters. The fourth-order valence-corrected chi connectivity index (χ4v) is 3.50. The third kappa shape index (κ3) is 3.83. The first-order valence-corrected chi connectivity index (χ1v) is 9.03. The van der Waals surface area contributed by atoms with E-state index in [0.717, 1.165) is 0 Å². The number of ether oxygens (including phenoxy) is 1. The molecule has 6 heteroatoms. The SMILES string of the molecule is COc1ccccc1NC(=O)C1=C(C)NC(C)=C(C#N)C1c1cccc(C#N)c1. The van der Waals surface area contributed by atoms with E-state index in [1.54, 1.807) is 50.2 Å². The van der Waals surface area contributed by atoms with Crippen LogP contribution in [0.2, 0.25) is 0 Å². The van der Waals surface area contributed by atoms with Crippen LogP contribution in [0.4, 0.5) is 5.69 Å². The van der Waals surface area contributed by atoms with Gasteiger partial charge in [0.15, 0.2) is 0 Å². The summed E-state index contributed by atoms with van der Waals surface area (Å²) in [6.07, 6.45) is 0. The number of amides is 1. The number of carbonyl (C=O) groups is 1. The first-order chi connectivity index (χ1) is 14.0. The molecule has 1 aliphatic rings. The minimum Gasteiger partial charge on any atom is -0.495 e. The third-order valence-electron chi connectivity index (χ3n) is 4.83. The molecule has 2 aromatic carbocycles. The maximum atomic E-state index is 13.3. The van der Waals surface area contributed by atoms with Gasteiger partial charge in [-0.2, -0.15) is 10.5 Å². The van der Waals surface area contributed by atoms with Gasteiger partial charge in [0.25, 0.3) is 5.91 Å². The van der Waals surface area contributed by atoms with Gasteiger partial charge in [-0.05, 0) is 43.7 Å². The highest BCUT2D eigenvalue weighted by molar-refractivity contribution is 6.07. The average Bonchev–Trinajstić information content (AvgIpc) is 2.73. The lowest BCUT2D eigenvalue weighted by Gasteiger charge is -2.29. The lowest BCUT2D eigenvalue weighted by Crippen LogP contribution is -2.30. The summed E-state index contributed by atoms with van der Waals surface area (Å²) < 4.78 is 5.32. The molecule has 2 N–H and O–H groups in total. The van der Waals surface area contributed by atoms with Crippen LogP contribution in [-0.2, 0) is 4.79 Å². The Hall–Kier alpha value is -4.03. The van der Waals surface area contributed by atoms with E-state index in [1.165, 1.54) is 7.11 Å². The van der Waals surface area contributed by atoms with E-state index in [0.29, 0.717) is 45.1 Å². The molecule has 1 amide bonds. The summed E-state index contributed by atoms with van der Waals surface area (Å²) in [6.45, 7) is 3.61. The number of allylic oxidation sites excluding steroid dienone is 3. The van der Waals surface area contributed by atoms with E-state index in [9.17, 15) is 15.3 Å². The summed E-state index contributed by atoms with van der Waals surface area (Å²) >= 11 is 0. The minimum absolute atomic E-state index is 0.341. The van der Waals surface area contributed by atoms with E-state index in [2.05, 4.69) is 22.8 Å². The molecule has 3 rings (SSSR count). The van der Waals surface area contributed by atoms with Gasteiger partial charge in [0.05, 0.1) is 42.0 Å². The normalized spacial score (nSPS) is 15.8. The molecule has 1 heterocycles. The van der Waals surface area contributed by atoms with Crippen molar-refractivity contribution in [2.75, 3.05) is 12.4 Å². The van der Waals surface area contributed by atoms with Gasteiger partial charge in [-0.1, -0.05) is 24.3 Å². The molecule has 0 fully saturated rings. The second-order valence-electron chi connectivity index (χ2n) is 6.64. The predicted molar refractivity (Wildman–Crippen MR) is 110 cm³/mol. The Bertz CT molecular complexity index is 1120. The van der Waals surface area contributed by atoms with Crippen molar-refractivity contribution in [3.05, 3.63) is 82.2 Å². The number of hydrogen-bond donors (Lipinski definition) is 2. The zero-order valence-electron chi connectivity index (χ0n) is 16.4. The molecule has 0 bridgehead atoms. The molecule has 1 aliphatic heterocycles. The number of para-hydroxylation sites is 2. The van der Waals surface area contributed by atoms with Crippen LogP contribution in [0.1, 0.15) is 30.9 Å². The summed E-state index contributed by atoms with van der Waals surface area (Å²) in [4.78, 5) is 13.3. The van der Waals surface area contributed by atoms with Crippen molar-refractivity contribution >= 4 is 11.6 Å². The molecule has 29 heavy (non-hydrogen) atoms. The van der Waals surface area contributed by atoms with E-state index >= 15 is 0 Å². The summed E-state index contributed by atoms with van der Waals surface area (Å²) in [6, 6.07) is 18.5. The highest BCUT2D eigenvalue weighted by Crippen LogP contribution is 2.38. The third-order valence-corrected chi connectivity index (χ3v) is 4.83. The number of carbonyl (C=O) groups excluding carboxylic acids is 1. The number of dihydropyridines is 1. The second kappa shape index (κ2) is 8.33. The number of nitrogens with one attached hydrogen (secondary N) is 2. The molecule has 2 aromatic rings. The number of hydrogen-bond acceptors (Lipinski definition) is 5. The number of methoxy groups -OCH3 is 1. The Balaban J connectivity index is 2.09.